The molecule has 1 heterocycles. The third kappa shape index (κ3) is 3.61. The summed E-state index contributed by atoms with van der Waals surface area (Å²) in [6.45, 7) is 0. The number of rotatable bonds is 5. The van der Waals surface area contributed by atoms with Gasteiger partial charge in [0, 0.05) is 5.69 Å². The predicted molar refractivity (Wildman–Crippen MR) is 94.5 cm³/mol. The Kier molecular flexibility index (Phi) is 5.06. The van der Waals surface area contributed by atoms with Crippen LogP contribution in [0.5, 0.6) is 5.75 Å². The number of aryl methyl sites for hydroxylation is 2. The molecule has 0 spiro atoms. The van der Waals surface area contributed by atoms with Crippen LogP contribution in [0, 0.1) is 0 Å². The molecule has 1 aromatic carbocycles. The molecule has 136 valence electrons. The topological polar surface area (TPSA) is 108 Å². The fourth-order valence-corrected chi connectivity index (χ4v) is 3.16. The van der Waals surface area contributed by atoms with Crippen LogP contribution >= 0.6 is 0 Å². The lowest BCUT2D eigenvalue weighted by molar-refractivity contribution is -0.139. The molecule has 2 aromatic rings. The van der Waals surface area contributed by atoms with Crippen LogP contribution in [0.1, 0.15) is 46.1 Å². The lowest BCUT2D eigenvalue weighted by Crippen LogP contribution is -2.37. The molecular formula is C19H20N2O5. The highest BCUT2D eigenvalue weighted by Gasteiger charge is 2.25. The predicted octanol–water partition coefficient (Wildman–Crippen LogP) is 1.82. The molecule has 1 unspecified atom stereocenters. The van der Waals surface area contributed by atoms with Gasteiger partial charge in [-0.1, -0.05) is 12.1 Å². The first-order chi connectivity index (χ1) is 12.5. The summed E-state index contributed by atoms with van der Waals surface area (Å²) in [5, 5.41) is 11.9. The molecule has 0 fully saturated rings. The number of amides is 1. The number of carboxylic acids is 1. The second kappa shape index (κ2) is 7.43. The van der Waals surface area contributed by atoms with E-state index < -0.39 is 23.5 Å². The van der Waals surface area contributed by atoms with E-state index in [0.29, 0.717) is 11.3 Å². The van der Waals surface area contributed by atoms with Crippen LogP contribution in [0.4, 0.5) is 0 Å². The Morgan fingerprint density at radius 3 is 2.73 bits per heavy atom. The van der Waals surface area contributed by atoms with E-state index in [2.05, 4.69) is 10.3 Å². The lowest BCUT2D eigenvalue weighted by Gasteiger charge is -2.18. The van der Waals surface area contributed by atoms with E-state index in [0.717, 1.165) is 36.9 Å². The first-order valence-corrected chi connectivity index (χ1v) is 8.42. The minimum Gasteiger partial charge on any atom is -0.497 e. The average molecular weight is 356 g/mol. The number of aromatic nitrogens is 1. The molecule has 26 heavy (non-hydrogen) atoms. The standard InChI is InChI=1S/C19H20N2O5/c1-26-13-7-4-6-12(9-13)16(19(24)25)21-18(23)14-10-11-5-2-3-8-15(11)20-17(14)22/h4,6-7,9-10,16H,2-3,5,8H2,1H3,(H,20,22)(H,21,23)(H,24,25). The van der Waals surface area contributed by atoms with Crippen LogP contribution < -0.4 is 15.6 Å². The zero-order valence-electron chi connectivity index (χ0n) is 14.4. The molecule has 1 atom stereocenters. The third-order valence-electron chi connectivity index (χ3n) is 4.53. The highest BCUT2D eigenvalue weighted by molar-refractivity contribution is 5.96. The van der Waals surface area contributed by atoms with Crippen molar-refractivity contribution >= 4 is 11.9 Å². The number of benzene rings is 1. The van der Waals surface area contributed by atoms with Crippen molar-refractivity contribution in [2.24, 2.45) is 0 Å². The van der Waals surface area contributed by atoms with Crippen molar-refractivity contribution in [2.75, 3.05) is 7.11 Å². The molecule has 0 radical (unpaired) electrons. The highest BCUT2D eigenvalue weighted by atomic mass is 16.5. The summed E-state index contributed by atoms with van der Waals surface area (Å²) in [5.74, 6) is -1.45. The number of hydrogen-bond acceptors (Lipinski definition) is 4. The maximum absolute atomic E-state index is 12.6. The number of ether oxygens (including phenoxy) is 1. The Labute approximate surface area is 150 Å². The molecule has 1 aromatic heterocycles. The molecule has 1 aliphatic rings. The number of H-pyrrole nitrogens is 1. The summed E-state index contributed by atoms with van der Waals surface area (Å²) in [7, 11) is 1.47. The van der Waals surface area contributed by atoms with E-state index in [1.807, 2.05) is 0 Å². The van der Waals surface area contributed by atoms with Gasteiger partial charge in [-0.3, -0.25) is 9.59 Å². The van der Waals surface area contributed by atoms with Gasteiger partial charge in [0.1, 0.15) is 11.3 Å². The minimum absolute atomic E-state index is 0.0696. The van der Waals surface area contributed by atoms with Crippen molar-refractivity contribution in [3.8, 4) is 5.75 Å². The molecule has 1 amide bonds. The zero-order chi connectivity index (χ0) is 18.7. The van der Waals surface area contributed by atoms with E-state index >= 15 is 0 Å². The van der Waals surface area contributed by atoms with Crippen LogP contribution in [-0.4, -0.2) is 29.1 Å². The van der Waals surface area contributed by atoms with Gasteiger partial charge in [-0.25, -0.2) is 4.79 Å². The van der Waals surface area contributed by atoms with Gasteiger partial charge in [-0.2, -0.15) is 0 Å². The SMILES string of the molecule is COc1cccc(C(NC(=O)c2cc3c([nH]c2=O)CCCC3)C(=O)O)c1. The molecular weight excluding hydrogens is 336 g/mol. The Bertz CT molecular complexity index is 903. The first kappa shape index (κ1) is 17.7. The van der Waals surface area contributed by atoms with Gasteiger partial charge in [0.15, 0.2) is 6.04 Å². The van der Waals surface area contributed by atoms with Gasteiger partial charge >= 0.3 is 5.97 Å². The number of carboxylic acid groups (broad SMARTS) is 1. The van der Waals surface area contributed by atoms with Crippen LogP contribution in [0.25, 0.3) is 0 Å². The first-order valence-electron chi connectivity index (χ1n) is 8.42. The Balaban J connectivity index is 1.89. The Morgan fingerprint density at radius 1 is 1.23 bits per heavy atom. The van der Waals surface area contributed by atoms with Gasteiger partial charge < -0.3 is 20.1 Å². The number of carbonyl (C=O) groups excluding carboxylic acids is 1. The van der Waals surface area contributed by atoms with Crippen molar-refractivity contribution in [3.63, 3.8) is 0 Å². The second-order valence-corrected chi connectivity index (χ2v) is 6.24. The molecule has 7 heteroatoms. The molecule has 1 aliphatic carbocycles. The van der Waals surface area contributed by atoms with Crippen molar-refractivity contribution in [2.45, 2.75) is 31.7 Å². The van der Waals surface area contributed by atoms with E-state index in [1.165, 1.54) is 13.2 Å². The van der Waals surface area contributed by atoms with Crippen LogP contribution in [-0.2, 0) is 17.6 Å². The fourth-order valence-electron chi connectivity index (χ4n) is 3.16. The Hall–Kier alpha value is -3.09. The average Bonchev–Trinajstić information content (AvgIpc) is 2.65. The summed E-state index contributed by atoms with van der Waals surface area (Å²) in [5.41, 5.74) is 1.59. The number of aliphatic carboxylic acids is 1. The monoisotopic (exact) mass is 356 g/mol. The molecule has 0 saturated carbocycles. The minimum atomic E-state index is -1.28. The van der Waals surface area contributed by atoms with Gasteiger partial charge in [0.2, 0.25) is 0 Å². The fraction of sp³-hybridized carbons (Fsp3) is 0.316. The number of carbonyl (C=O) groups is 2. The number of methoxy groups -OCH3 is 1. The van der Waals surface area contributed by atoms with Crippen LogP contribution in [0.3, 0.4) is 0 Å². The lowest BCUT2D eigenvalue weighted by atomic mass is 9.95. The second-order valence-electron chi connectivity index (χ2n) is 6.24. The number of hydrogen-bond donors (Lipinski definition) is 3. The Morgan fingerprint density at radius 2 is 2.00 bits per heavy atom. The number of pyridine rings is 1. The summed E-state index contributed by atoms with van der Waals surface area (Å²) in [6, 6.07) is 6.73. The smallest absolute Gasteiger partial charge is 0.330 e. The number of nitrogens with one attached hydrogen (secondary N) is 2. The maximum atomic E-state index is 12.6. The van der Waals surface area contributed by atoms with Gasteiger partial charge in [0.25, 0.3) is 11.5 Å². The molecule has 0 bridgehead atoms. The largest absolute Gasteiger partial charge is 0.497 e. The van der Waals surface area contributed by atoms with E-state index in [-0.39, 0.29) is 5.56 Å². The normalized spacial score (nSPS) is 14.2. The molecule has 3 rings (SSSR count). The van der Waals surface area contributed by atoms with Gasteiger partial charge in [-0.05, 0) is 55.0 Å². The quantitative estimate of drug-likeness (QED) is 0.757. The number of fused-ring (bicyclic) bond motifs is 1. The summed E-state index contributed by atoms with van der Waals surface area (Å²) in [6.07, 6.45) is 3.59. The zero-order valence-corrected chi connectivity index (χ0v) is 14.4. The molecule has 0 saturated heterocycles. The van der Waals surface area contributed by atoms with Crippen molar-refractivity contribution in [3.05, 3.63) is 63.1 Å². The number of aromatic amines is 1. The van der Waals surface area contributed by atoms with E-state index in [4.69, 9.17) is 4.74 Å². The summed E-state index contributed by atoms with van der Waals surface area (Å²) < 4.78 is 5.10. The van der Waals surface area contributed by atoms with E-state index in [9.17, 15) is 19.5 Å². The van der Waals surface area contributed by atoms with Crippen molar-refractivity contribution in [1.82, 2.24) is 10.3 Å². The van der Waals surface area contributed by atoms with E-state index in [1.54, 1.807) is 24.3 Å². The maximum Gasteiger partial charge on any atom is 0.330 e. The third-order valence-corrected chi connectivity index (χ3v) is 4.53. The summed E-state index contributed by atoms with van der Waals surface area (Å²) >= 11 is 0. The van der Waals surface area contributed by atoms with Crippen LogP contribution in [0.15, 0.2) is 35.1 Å². The highest BCUT2D eigenvalue weighted by Crippen LogP contribution is 2.21. The molecule has 3 N–H and O–H groups in total. The van der Waals surface area contributed by atoms with Gasteiger partial charge in [0.05, 0.1) is 7.11 Å². The molecule has 0 aliphatic heterocycles. The van der Waals surface area contributed by atoms with Crippen molar-refractivity contribution in [1.29, 1.82) is 0 Å². The molecule has 7 nitrogen and oxygen atoms in total. The van der Waals surface area contributed by atoms with Crippen molar-refractivity contribution < 1.29 is 19.4 Å². The van der Waals surface area contributed by atoms with Gasteiger partial charge in [-0.15, -0.1) is 0 Å². The summed E-state index contributed by atoms with van der Waals surface area (Å²) in [4.78, 5) is 39.2. The van der Waals surface area contributed by atoms with Crippen LogP contribution in [0.2, 0.25) is 0 Å².